The zero-order chi connectivity index (χ0) is 21.3. The fourth-order valence-corrected chi connectivity index (χ4v) is 3.72. The van der Waals surface area contributed by atoms with Crippen LogP contribution in [0.2, 0.25) is 0 Å². The molecule has 0 amide bonds. The molecule has 30 heavy (non-hydrogen) atoms. The van der Waals surface area contributed by atoms with Crippen LogP contribution < -0.4 is 4.74 Å². The molecular formula is C25H20O5. The first-order valence-corrected chi connectivity index (χ1v) is 9.58. The molecule has 4 rings (SSSR count). The second kappa shape index (κ2) is 7.87. The van der Waals surface area contributed by atoms with E-state index in [-0.39, 0.29) is 29.0 Å². The van der Waals surface area contributed by atoms with Gasteiger partial charge in [0.25, 0.3) is 0 Å². The van der Waals surface area contributed by atoms with Crippen molar-refractivity contribution in [1.82, 2.24) is 0 Å². The van der Waals surface area contributed by atoms with Crippen LogP contribution in [0.5, 0.6) is 17.2 Å². The number of esters is 1. The van der Waals surface area contributed by atoms with Crippen LogP contribution in [0.25, 0.3) is 6.08 Å². The summed E-state index contributed by atoms with van der Waals surface area (Å²) in [4.78, 5) is 25.4. The molecule has 0 saturated carbocycles. The predicted molar refractivity (Wildman–Crippen MR) is 113 cm³/mol. The van der Waals surface area contributed by atoms with E-state index in [0.29, 0.717) is 5.56 Å². The summed E-state index contributed by atoms with van der Waals surface area (Å²) in [7, 11) is 0. The van der Waals surface area contributed by atoms with Crippen LogP contribution in [0.1, 0.15) is 45.0 Å². The highest BCUT2D eigenvalue weighted by molar-refractivity contribution is 6.12. The lowest BCUT2D eigenvalue weighted by molar-refractivity contribution is -0.135. The van der Waals surface area contributed by atoms with Crippen molar-refractivity contribution in [2.45, 2.75) is 19.3 Å². The maximum absolute atomic E-state index is 13.0. The largest absolute Gasteiger partial charge is 0.507 e. The quantitative estimate of drug-likeness (QED) is 0.286. The van der Waals surface area contributed by atoms with Crippen LogP contribution >= 0.6 is 0 Å². The number of aromatic hydroxyl groups is 2. The molecule has 1 aliphatic heterocycles. The number of hydrogen-bond donors (Lipinski definition) is 2. The molecular weight excluding hydrogens is 380 g/mol. The Kier molecular flexibility index (Phi) is 5.11. The van der Waals surface area contributed by atoms with E-state index in [1.54, 1.807) is 6.08 Å². The van der Waals surface area contributed by atoms with Gasteiger partial charge in [0.1, 0.15) is 17.1 Å². The second-order valence-electron chi connectivity index (χ2n) is 7.19. The topological polar surface area (TPSA) is 83.8 Å². The Morgan fingerprint density at radius 2 is 1.63 bits per heavy atom. The molecule has 0 radical (unpaired) electrons. The first-order valence-electron chi connectivity index (χ1n) is 9.58. The first-order chi connectivity index (χ1) is 14.5. The van der Waals surface area contributed by atoms with Gasteiger partial charge in [0.05, 0.1) is 6.42 Å². The van der Waals surface area contributed by atoms with Crippen LogP contribution in [0, 0.1) is 6.92 Å². The fourth-order valence-electron chi connectivity index (χ4n) is 3.72. The molecule has 5 heteroatoms. The van der Waals surface area contributed by atoms with Crippen molar-refractivity contribution in [2.75, 3.05) is 0 Å². The van der Waals surface area contributed by atoms with Gasteiger partial charge in [-0.25, -0.2) is 0 Å². The van der Waals surface area contributed by atoms with E-state index >= 15 is 0 Å². The van der Waals surface area contributed by atoms with Gasteiger partial charge in [0.2, 0.25) is 0 Å². The van der Waals surface area contributed by atoms with Gasteiger partial charge < -0.3 is 14.9 Å². The summed E-state index contributed by atoms with van der Waals surface area (Å²) >= 11 is 0. The van der Waals surface area contributed by atoms with E-state index in [0.717, 1.165) is 11.1 Å². The van der Waals surface area contributed by atoms with Crippen LogP contribution in [-0.4, -0.2) is 22.0 Å². The van der Waals surface area contributed by atoms with E-state index in [4.69, 9.17) is 4.74 Å². The van der Waals surface area contributed by atoms with E-state index in [2.05, 4.69) is 0 Å². The van der Waals surface area contributed by atoms with Gasteiger partial charge in [0, 0.05) is 17.0 Å². The monoisotopic (exact) mass is 400 g/mol. The summed E-state index contributed by atoms with van der Waals surface area (Å²) in [5, 5.41) is 21.4. The number of ether oxygens (including phenoxy) is 1. The van der Waals surface area contributed by atoms with E-state index in [1.807, 2.05) is 60.7 Å². The smallest absolute Gasteiger partial charge is 0.312 e. The predicted octanol–water partition coefficient (Wildman–Crippen LogP) is 4.74. The number of allylic oxidation sites excluding steroid dienone is 1. The molecule has 0 saturated heterocycles. The summed E-state index contributed by atoms with van der Waals surface area (Å²) in [6, 6.07) is 18.5. The molecule has 0 spiro atoms. The van der Waals surface area contributed by atoms with Crippen LogP contribution in [0.3, 0.4) is 0 Å². The lowest BCUT2D eigenvalue weighted by Gasteiger charge is -2.28. The number of carbonyl (C=O) groups excluding carboxylic acids is 2. The molecule has 150 valence electrons. The molecule has 1 atom stereocenters. The summed E-state index contributed by atoms with van der Waals surface area (Å²) < 4.78 is 5.39. The molecule has 1 heterocycles. The molecule has 5 nitrogen and oxygen atoms in total. The molecule has 0 bridgehead atoms. The molecule has 3 aromatic rings. The van der Waals surface area contributed by atoms with E-state index < -0.39 is 23.4 Å². The molecule has 3 aromatic carbocycles. The second-order valence-corrected chi connectivity index (χ2v) is 7.19. The number of phenols is 2. The average molecular weight is 400 g/mol. The van der Waals surface area contributed by atoms with Gasteiger partial charge in [-0.15, -0.1) is 0 Å². The number of rotatable bonds is 4. The van der Waals surface area contributed by atoms with Crippen molar-refractivity contribution in [3.8, 4) is 17.2 Å². The lowest BCUT2D eigenvalue weighted by atomic mass is 9.82. The summed E-state index contributed by atoms with van der Waals surface area (Å²) in [5.74, 6) is -2.17. The maximum atomic E-state index is 13.0. The van der Waals surface area contributed by atoms with E-state index in [1.165, 1.54) is 13.0 Å². The number of ketones is 1. The fraction of sp³-hybridized carbons (Fsp3) is 0.120. The van der Waals surface area contributed by atoms with Crippen molar-refractivity contribution >= 4 is 17.8 Å². The summed E-state index contributed by atoms with van der Waals surface area (Å²) in [6.45, 7) is 1.53. The van der Waals surface area contributed by atoms with Crippen molar-refractivity contribution in [3.05, 3.63) is 94.6 Å². The highest BCUT2D eigenvalue weighted by atomic mass is 16.5. The Morgan fingerprint density at radius 3 is 2.30 bits per heavy atom. The number of phenolic OH excluding ortho intramolecular Hbond substituents is 2. The highest BCUT2D eigenvalue weighted by Crippen LogP contribution is 2.50. The lowest BCUT2D eigenvalue weighted by Crippen LogP contribution is -2.23. The molecule has 1 aliphatic rings. The van der Waals surface area contributed by atoms with Crippen molar-refractivity contribution in [2.24, 2.45) is 0 Å². The normalized spacial score (nSPS) is 15.6. The zero-order valence-corrected chi connectivity index (χ0v) is 16.3. The van der Waals surface area contributed by atoms with Gasteiger partial charge in [-0.3, -0.25) is 9.59 Å². The van der Waals surface area contributed by atoms with E-state index in [9.17, 15) is 19.8 Å². The third kappa shape index (κ3) is 3.46. The van der Waals surface area contributed by atoms with Gasteiger partial charge in [-0.1, -0.05) is 66.7 Å². The first kappa shape index (κ1) is 19.5. The Labute approximate surface area is 173 Å². The number of carbonyl (C=O) groups is 2. The minimum absolute atomic E-state index is 0.0300. The van der Waals surface area contributed by atoms with Crippen LogP contribution in [0.4, 0.5) is 0 Å². The third-order valence-electron chi connectivity index (χ3n) is 5.28. The summed E-state index contributed by atoms with van der Waals surface area (Å²) in [5.41, 5.74) is 2.01. The van der Waals surface area contributed by atoms with Crippen molar-refractivity contribution < 1.29 is 24.5 Å². The van der Waals surface area contributed by atoms with Crippen LogP contribution in [0.15, 0.2) is 66.7 Å². The standard InChI is InChI=1S/C25H20O5/c1-15-23(28)21-18(17-10-6-3-7-11-17)14-20(27)30-25(21)22(24(15)29)19(26)13-12-16-8-4-2-5-9-16/h2-13,18,28-29H,14H2,1H3/b13-12+. The highest BCUT2D eigenvalue weighted by Gasteiger charge is 2.37. The van der Waals surface area contributed by atoms with Crippen molar-refractivity contribution in [1.29, 1.82) is 0 Å². The molecule has 1 unspecified atom stereocenters. The third-order valence-corrected chi connectivity index (χ3v) is 5.28. The van der Waals surface area contributed by atoms with Gasteiger partial charge in [0.15, 0.2) is 11.5 Å². The maximum Gasteiger partial charge on any atom is 0.312 e. The van der Waals surface area contributed by atoms with Gasteiger partial charge >= 0.3 is 5.97 Å². The molecule has 2 N–H and O–H groups in total. The van der Waals surface area contributed by atoms with Gasteiger partial charge in [-0.2, -0.15) is 0 Å². The number of fused-ring (bicyclic) bond motifs is 1. The van der Waals surface area contributed by atoms with Crippen LogP contribution in [-0.2, 0) is 4.79 Å². The minimum atomic E-state index is -0.528. The van der Waals surface area contributed by atoms with Crippen molar-refractivity contribution in [3.63, 3.8) is 0 Å². The Hall–Kier alpha value is -3.86. The van der Waals surface area contributed by atoms with Gasteiger partial charge in [-0.05, 0) is 24.1 Å². The zero-order valence-electron chi connectivity index (χ0n) is 16.3. The Morgan fingerprint density at radius 1 is 1.00 bits per heavy atom. The minimum Gasteiger partial charge on any atom is -0.507 e. The average Bonchev–Trinajstić information content (AvgIpc) is 2.77. The summed E-state index contributed by atoms with van der Waals surface area (Å²) in [6.07, 6.45) is 2.97. The number of benzene rings is 3. The Balaban J connectivity index is 1.87. The number of hydrogen-bond acceptors (Lipinski definition) is 5. The molecule has 0 fully saturated rings. The SMILES string of the molecule is Cc1c(O)c(C(=O)/C=C/c2ccccc2)c2c(c1O)C(c1ccccc1)CC(=O)O2. The molecule has 0 aromatic heterocycles. The Bertz CT molecular complexity index is 1150. The molecule has 0 aliphatic carbocycles.